The molecule has 1 aliphatic heterocycles. The highest BCUT2D eigenvalue weighted by atomic mass is 32.1. The number of fused-ring (bicyclic) bond motifs is 2. The zero-order chi connectivity index (χ0) is 10.3. The Balaban J connectivity index is 2.18. The van der Waals surface area contributed by atoms with Crippen molar-refractivity contribution >= 4 is 22.9 Å². The largest absolute Gasteiger partial charge is 0.321 e. The number of hydrogen-bond donors (Lipinski definition) is 1. The number of thiophene rings is 1. The number of para-hydroxylation sites is 1. The van der Waals surface area contributed by atoms with Crippen LogP contribution in [0, 0.1) is 0 Å². The first kappa shape index (κ1) is 8.68. The van der Waals surface area contributed by atoms with E-state index in [-0.39, 0.29) is 5.91 Å². The maximum atomic E-state index is 11.8. The molecule has 0 spiro atoms. The van der Waals surface area contributed by atoms with Gasteiger partial charge in [-0.1, -0.05) is 18.2 Å². The Bertz CT molecular complexity index is 530. The summed E-state index contributed by atoms with van der Waals surface area (Å²) in [6.07, 6.45) is 0.841. The van der Waals surface area contributed by atoms with Crippen LogP contribution in [0.15, 0.2) is 35.7 Å². The van der Waals surface area contributed by atoms with Gasteiger partial charge in [-0.25, -0.2) is 0 Å². The summed E-state index contributed by atoms with van der Waals surface area (Å²) in [7, 11) is 0. The third-order valence-electron chi connectivity index (χ3n) is 2.60. The predicted octanol–water partition coefficient (Wildman–Crippen LogP) is 2.90. The molecule has 1 aromatic heterocycles. The van der Waals surface area contributed by atoms with Gasteiger partial charge in [0.05, 0.1) is 4.88 Å². The van der Waals surface area contributed by atoms with Crippen molar-refractivity contribution in [2.75, 3.05) is 5.32 Å². The minimum Gasteiger partial charge on any atom is -0.321 e. The molecule has 0 saturated carbocycles. The molecule has 1 aliphatic rings. The molecule has 3 rings (SSSR count). The van der Waals surface area contributed by atoms with Gasteiger partial charge in [0.25, 0.3) is 5.91 Å². The van der Waals surface area contributed by atoms with E-state index < -0.39 is 0 Å². The molecular weight excluding hydrogens is 206 g/mol. The fraction of sp³-hybridized carbons (Fsp3) is 0.0833. The molecule has 0 atom stereocenters. The van der Waals surface area contributed by atoms with Gasteiger partial charge in [0, 0.05) is 12.1 Å². The van der Waals surface area contributed by atoms with E-state index in [1.54, 1.807) is 0 Å². The fourth-order valence-corrected chi connectivity index (χ4v) is 2.67. The Morgan fingerprint density at radius 2 is 2.00 bits per heavy atom. The second-order valence-electron chi connectivity index (χ2n) is 3.56. The summed E-state index contributed by atoms with van der Waals surface area (Å²) in [6, 6.07) is 9.98. The number of anilines is 1. The lowest BCUT2D eigenvalue weighted by molar-refractivity contribution is 0.103. The van der Waals surface area contributed by atoms with Crippen molar-refractivity contribution in [2.45, 2.75) is 6.42 Å². The monoisotopic (exact) mass is 215 g/mol. The van der Waals surface area contributed by atoms with Gasteiger partial charge in [-0.2, -0.15) is 0 Å². The van der Waals surface area contributed by atoms with Crippen LogP contribution >= 0.6 is 11.3 Å². The van der Waals surface area contributed by atoms with Crippen LogP contribution in [0.5, 0.6) is 0 Å². The first-order valence-corrected chi connectivity index (χ1v) is 5.68. The number of carbonyl (C=O) groups is 1. The molecule has 3 heteroatoms. The minimum absolute atomic E-state index is 0.0185. The lowest BCUT2D eigenvalue weighted by Crippen LogP contribution is -2.09. The molecule has 0 radical (unpaired) electrons. The Labute approximate surface area is 91.6 Å². The molecule has 0 saturated heterocycles. The molecule has 0 unspecified atom stereocenters. The Morgan fingerprint density at radius 1 is 1.13 bits per heavy atom. The van der Waals surface area contributed by atoms with Gasteiger partial charge < -0.3 is 5.32 Å². The zero-order valence-electron chi connectivity index (χ0n) is 7.99. The molecule has 2 aromatic rings. The molecule has 0 aliphatic carbocycles. The van der Waals surface area contributed by atoms with Gasteiger partial charge in [-0.15, -0.1) is 11.3 Å². The fourth-order valence-electron chi connectivity index (χ4n) is 1.85. The molecule has 1 aromatic carbocycles. The van der Waals surface area contributed by atoms with E-state index in [1.165, 1.54) is 16.9 Å². The predicted molar refractivity (Wildman–Crippen MR) is 61.5 cm³/mol. The average molecular weight is 215 g/mol. The van der Waals surface area contributed by atoms with Crippen LogP contribution in [0.2, 0.25) is 0 Å². The Hall–Kier alpha value is -1.61. The van der Waals surface area contributed by atoms with Crippen LogP contribution in [0.25, 0.3) is 0 Å². The van der Waals surface area contributed by atoms with Crippen molar-refractivity contribution in [2.24, 2.45) is 0 Å². The van der Waals surface area contributed by atoms with Crippen LogP contribution in [0.1, 0.15) is 20.8 Å². The van der Waals surface area contributed by atoms with Gasteiger partial charge in [-0.05, 0) is 28.6 Å². The molecule has 1 N–H and O–H groups in total. The standard InChI is InChI=1S/C12H9NOS/c14-12-11-9(5-6-15-11)7-8-3-1-2-4-10(8)13-12/h1-6H,7H2,(H,13,14). The summed E-state index contributed by atoms with van der Waals surface area (Å²) in [6.45, 7) is 0. The van der Waals surface area contributed by atoms with Gasteiger partial charge >= 0.3 is 0 Å². The molecule has 1 amide bonds. The molecule has 2 heterocycles. The van der Waals surface area contributed by atoms with E-state index in [0.717, 1.165) is 22.5 Å². The average Bonchev–Trinajstić information content (AvgIpc) is 2.64. The number of amides is 1. The third-order valence-corrected chi connectivity index (χ3v) is 3.55. The number of benzene rings is 1. The van der Waals surface area contributed by atoms with Crippen molar-refractivity contribution in [3.05, 3.63) is 51.7 Å². The second-order valence-corrected chi connectivity index (χ2v) is 4.48. The Kier molecular flexibility index (Phi) is 1.86. The van der Waals surface area contributed by atoms with E-state index in [0.29, 0.717) is 0 Å². The summed E-state index contributed by atoms with van der Waals surface area (Å²) >= 11 is 1.51. The molecule has 0 fully saturated rings. The van der Waals surface area contributed by atoms with Crippen LogP contribution in [0.4, 0.5) is 5.69 Å². The van der Waals surface area contributed by atoms with E-state index in [4.69, 9.17) is 0 Å². The van der Waals surface area contributed by atoms with E-state index >= 15 is 0 Å². The van der Waals surface area contributed by atoms with Crippen molar-refractivity contribution < 1.29 is 4.79 Å². The molecular formula is C12H9NOS. The first-order valence-electron chi connectivity index (χ1n) is 4.80. The van der Waals surface area contributed by atoms with E-state index in [1.807, 2.05) is 29.6 Å². The topological polar surface area (TPSA) is 29.1 Å². The van der Waals surface area contributed by atoms with Crippen LogP contribution in [-0.2, 0) is 6.42 Å². The SMILES string of the molecule is O=C1Nc2ccccc2Cc2ccsc21. The third kappa shape index (κ3) is 1.36. The maximum absolute atomic E-state index is 11.8. The maximum Gasteiger partial charge on any atom is 0.266 e. The summed E-state index contributed by atoms with van der Waals surface area (Å²) in [5, 5.41) is 4.91. The number of hydrogen-bond acceptors (Lipinski definition) is 2. The van der Waals surface area contributed by atoms with Crippen molar-refractivity contribution in [3.8, 4) is 0 Å². The van der Waals surface area contributed by atoms with Crippen LogP contribution in [-0.4, -0.2) is 5.91 Å². The van der Waals surface area contributed by atoms with Gasteiger partial charge in [0.15, 0.2) is 0 Å². The summed E-state index contributed by atoms with van der Waals surface area (Å²) in [5.41, 5.74) is 3.25. The molecule has 2 nitrogen and oxygen atoms in total. The zero-order valence-corrected chi connectivity index (χ0v) is 8.80. The second kappa shape index (κ2) is 3.21. The summed E-state index contributed by atoms with van der Waals surface area (Å²) in [4.78, 5) is 12.7. The smallest absolute Gasteiger partial charge is 0.266 e. The van der Waals surface area contributed by atoms with Crippen molar-refractivity contribution in [1.82, 2.24) is 0 Å². The summed E-state index contributed by atoms with van der Waals surface area (Å²) in [5.74, 6) is 0.0185. The highest BCUT2D eigenvalue weighted by Crippen LogP contribution is 2.28. The lowest BCUT2D eigenvalue weighted by atomic mass is 10.1. The number of nitrogens with one attached hydrogen (secondary N) is 1. The highest BCUT2D eigenvalue weighted by molar-refractivity contribution is 7.12. The van der Waals surface area contributed by atoms with Gasteiger partial charge in [0.2, 0.25) is 0 Å². The quantitative estimate of drug-likeness (QED) is 0.719. The molecule has 15 heavy (non-hydrogen) atoms. The van der Waals surface area contributed by atoms with Gasteiger partial charge in [-0.3, -0.25) is 4.79 Å². The van der Waals surface area contributed by atoms with Crippen LogP contribution < -0.4 is 5.32 Å². The normalized spacial score (nSPS) is 13.7. The molecule has 0 bridgehead atoms. The van der Waals surface area contributed by atoms with Crippen molar-refractivity contribution in [1.29, 1.82) is 0 Å². The van der Waals surface area contributed by atoms with Crippen LogP contribution in [0.3, 0.4) is 0 Å². The minimum atomic E-state index is 0.0185. The molecule has 74 valence electrons. The van der Waals surface area contributed by atoms with Gasteiger partial charge in [0.1, 0.15) is 0 Å². The van der Waals surface area contributed by atoms with E-state index in [9.17, 15) is 4.79 Å². The van der Waals surface area contributed by atoms with E-state index in [2.05, 4.69) is 11.4 Å². The Morgan fingerprint density at radius 3 is 2.93 bits per heavy atom. The number of rotatable bonds is 0. The first-order chi connectivity index (χ1) is 7.34. The highest BCUT2D eigenvalue weighted by Gasteiger charge is 2.19. The number of carbonyl (C=O) groups excluding carboxylic acids is 1. The lowest BCUT2D eigenvalue weighted by Gasteiger charge is -2.04. The van der Waals surface area contributed by atoms with Crippen molar-refractivity contribution in [3.63, 3.8) is 0 Å². The summed E-state index contributed by atoms with van der Waals surface area (Å²) < 4.78 is 0.